The van der Waals surface area contributed by atoms with Gasteiger partial charge in [-0.05, 0) is 35.4 Å². The zero-order valence-corrected chi connectivity index (χ0v) is 18.9. The van der Waals surface area contributed by atoms with Crippen molar-refractivity contribution in [2.75, 3.05) is 26.8 Å². The first-order valence-electron chi connectivity index (χ1n) is 10.1. The van der Waals surface area contributed by atoms with Crippen molar-refractivity contribution >= 4 is 17.1 Å². The van der Waals surface area contributed by atoms with E-state index in [1.807, 2.05) is 0 Å². The number of amides is 1. The summed E-state index contributed by atoms with van der Waals surface area (Å²) in [4.78, 5) is 13.8. The van der Waals surface area contributed by atoms with Crippen LogP contribution in [-0.2, 0) is 31.1 Å². The Morgan fingerprint density at radius 3 is 2.09 bits per heavy atom. The molecule has 2 aromatic rings. The van der Waals surface area contributed by atoms with Gasteiger partial charge in [-0.2, -0.15) is 26.3 Å². The molecule has 3 rings (SSSR count). The summed E-state index contributed by atoms with van der Waals surface area (Å²) in [6, 6.07) is 7.38. The third-order valence-electron chi connectivity index (χ3n) is 5.88. The minimum absolute atomic E-state index is 0.0502. The minimum Gasteiger partial charge on any atom is -0.611 e. The van der Waals surface area contributed by atoms with E-state index in [1.165, 1.54) is 24.1 Å². The molecule has 1 aliphatic rings. The topological polar surface area (TPSA) is 72.8 Å². The number of methoxy groups -OCH3 is 1. The van der Waals surface area contributed by atoms with E-state index >= 15 is 0 Å². The molecule has 1 amide bonds. The molecule has 1 heterocycles. The van der Waals surface area contributed by atoms with Gasteiger partial charge in [-0.1, -0.05) is 24.3 Å². The second kappa shape index (κ2) is 9.60. The zero-order valence-electron chi connectivity index (χ0n) is 18.1. The zero-order chi connectivity index (χ0) is 26.2. The Hall–Kier alpha value is -2.35. The Morgan fingerprint density at radius 2 is 1.60 bits per heavy atom. The van der Waals surface area contributed by atoms with E-state index in [-0.39, 0.29) is 36.6 Å². The molecule has 192 valence electrons. The number of rotatable bonds is 6. The van der Waals surface area contributed by atoms with Crippen LogP contribution in [-0.4, -0.2) is 59.6 Å². The maximum Gasteiger partial charge on any atom is 0.430 e. The van der Waals surface area contributed by atoms with E-state index < -0.39 is 51.2 Å². The van der Waals surface area contributed by atoms with Gasteiger partial charge in [0.15, 0.2) is 9.64 Å². The lowest BCUT2D eigenvalue weighted by Gasteiger charge is -2.34. The Bertz CT molecular complexity index is 1030. The molecule has 2 atom stereocenters. The van der Waals surface area contributed by atoms with Crippen molar-refractivity contribution in [2.45, 2.75) is 34.0 Å². The number of benzene rings is 2. The lowest BCUT2D eigenvalue weighted by atomic mass is 9.89. The predicted molar refractivity (Wildman–Crippen MR) is 110 cm³/mol. The number of ether oxygens (including phenoxy) is 1. The van der Waals surface area contributed by atoms with Crippen molar-refractivity contribution in [3.05, 3.63) is 65.5 Å². The molecule has 0 bridgehead atoms. The van der Waals surface area contributed by atoms with E-state index in [9.17, 15) is 45.2 Å². The van der Waals surface area contributed by atoms with Crippen LogP contribution in [0.3, 0.4) is 0 Å². The number of aliphatic hydroxyl groups is 1. The number of carbonyl (C=O) groups excluding carboxylic acids is 1. The van der Waals surface area contributed by atoms with Crippen molar-refractivity contribution < 1.29 is 49.9 Å². The summed E-state index contributed by atoms with van der Waals surface area (Å²) < 4.78 is 110. The van der Waals surface area contributed by atoms with Crippen molar-refractivity contribution in [1.82, 2.24) is 4.90 Å². The van der Waals surface area contributed by atoms with Crippen molar-refractivity contribution in [1.29, 1.82) is 0 Å². The number of likely N-dealkylation sites (tertiary alicyclic amines) is 1. The molecule has 13 heteroatoms. The summed E-state index contributed by atoms with van der Waals surface area (Å²) in [7, 11) is 1.29. The molecule has 1 fully saturated rings. The standard InChI is InChI=1S/C22H20F7NO4S/c1-34-12-18(31)30-11-10-19(13-30,35(33)17-8-6-16(23)7-9-17)14-2-4-15(5-3-14)20(32,21(24,25)26)22(27,28)29/h2-9,32H,10-13H2,1H3. The average Bonchev–Trinajstić information content (AvgIpc) is 3.24. The fraction of sp³-hybridized carbons (Fsp3) is 0.409. The van der Waals surface area contributed by atoms with Gasteiger partial charge >= 0.3 is 12.4 Å². The quantitative estimate of drug-likeness (QED) is 0.455. The van der Waals surface area contributed by atoms with E-state index in [0.29, 0.717) is 12.1 Å². The molecular formula is C22H20F7NO4S. The third-order valence-corrected chi connectivity index (χ3v) is 7.86. The lowest BCUT2D eigenvalue weighted by molar-refractivity contribution is -0.376. The van der Waals surface area contributed by atoms with Gasteiger partial charge in [-0.25, -0.2) is 4.39 Å². The highest BCUT2D eigenvalue weighted by Crippen LogP contribution is 2.51. The molecule has 2 unspecified atom stereocenters. The fourth-order valence-corrected chi connectivity index (χ4v) is 5.73. The molecule has 1 aliphatic heterocycles. The predicted octanol–water partition coefficient (Wildman–Crippen LogP) is 4.02. The van der Waals surface area contributed by atoms with Crippen LogP contribution < -0.4 is 0 Å². The van der Waals surface area contributed by atoms with Gasteiger partial charge in [-0.3, -0.25) is 4.79 Å². The van der Waals surface area contributed by atoms with Gasteiger partial charge in [0.25, 0.3) is 5.60 Å². The van der Waals surface area contributed by atoms with E-state index in [0.717, 1.165) is 24.3 Å². The molecule has 0 aliphatic carbocycles. The van der Waals surface area contributed by atoms with Crippen LogP contribution >= 0.6 is 0 Å². The van der Waals surface area contributed by atoms with Gasteiger partial charge in [0.05, 0.1) is 6.54 Å². The normalized spacial score (nSPS) is 20.2. The Labute approximate surface area is 198 Å². The largest absolute Gasteiger partial charge is 0.611 e. The first-order valence-corrected chi connectivity index (χ1v) is 11.2. The van der Waals surface area contributed by atoms with E-state index in [1.54, 1.807) is 0 Å². The summed E-state index contributed by atoms with van der Waals surface area (Å²) >= 11 is -1.99. The molecular weight excluding hydrogens is 507 g/mol. The summed E-state index contributed by atoms with van der Waals surface area (Å²) in [6.07, 6.45) is -12.1. The van der Waals surface area contributed by atoms with Crippen LogP contribution in [0.1, 0.15) is 17.5 Å². The van der Waals surface area contributed by atoms with Crippen molar-refractivity contribution in [3.8, 4) is 0 Å². The highest BCUT2D eigenvalue weighted by atomic mass is 32.2. The number of hydrogen-bond acceptors (Lipinski definition) is 4. The molecule has 5 nitrogen and oxygen atoms in total. The van der Waals surface area contributed by atoms with Gasteiger partial charge in [0.2, 0.25) is 5.91 Å². The highest BCUT2D eigenvalue weighted by Gasteiger charge is 2.71. The van der Waals surface area contributed by atoms with Gasteiger partial charge in [0.1, 0.15) is 12.4 Å². The number of halogens is 7. The molecule has 0 aromatic heterocycles. The maximum atomic E-state index is 13.6. The number of carbonyl (C=O) groups is 1. The number of nitrogens with zero attached hydrogens (tertiary/aromatic N) is 1. The summed E-state index contributed by atoms with van der Waals surface area (Å²) in [5.41, 5.74) is -6.49. The first-order chi connectivity index (χ1) is 16.2. The van der Waals surface area contributed by atoms with Crippen LogP contribution in [0.5, 0.6) is 0 Å². The van der Waals surface area contributed by atoms with Gasteiger partial charge < -0.3 is 19.3 Å². The van der Waals surface area contributed by atoms with Gasteiger partial charge in [0, 0.05) is 31.2 Å². The summed E-state index contributed by atoms with van der Waals surface area (Å²) in [6.45, 7) is -0.379. The molecule has 1 N–H and O–H groups in total. The first kappa shape index (κ1) is 27.2. The molecule has 35 heavy (non-hydrogen) atoms. The number of alkyl halides is 6. The average molecular weight is 527 g/mol. The van der Waals surface area contributed by atoms with Crippen LogP contribution in [0.4, 0.5) is 30.7 Å². The van der Waals surface area contributed by atoms with Crippen LogP contribution in [0.2, 0.25) is 0 Å². The second-order valence-corrected chi connectivity index (χ2v) is 9.79. The second-order valence-electron chi connectivity index (χ2n) is 8.00. The third kappa shape index (κ3) is 4.86. The molecule has 0 radical (unpaired) electrons. The van der Waals surface area contributed by atoms with Crippen LogP contribution in [0, 0.1) is 5.82 Å². The Morgan fingerprint density at radius 1 is 1.06 bits per heavy atom. The molecule has 0 saturated carbocycles. The van der Waals surface area contributed by atoms with Crippen molar-refractivity contribution in [3.63, 3.8) is 0 Å². The SMILES string of the molecule is COCC(=O)N1CCC(c2ccc(C(O)(C(F)(F)F)C(F)(F)F)cc2)([S+]([O-])c2ccc(F)cc2)C1. The van der Waals surface area contributed by atoms with Crippen molar-refractivity contribution in [2.24, 2.45) is 0 Å². The molecule has 0 spiro atoms. The maximum absolute atomic E-state index is 13.6. The summed E-state index contributed by atoms with van der Waals surface area (Å²) in [5.74, 6) is -1.06. The monoisotopic (exact) mass is 527 g/mol. The minimum atomic E-state index is -6.06. The number of hydrogen-bond donors (Lipinski definition) is 1. The van der Waals surface area contributed by atoms with E-state index in [4.69, 9.17) is 4.74 Å². The lowest BCUT2D eigenvalue weighted by Crippen LogP contribution is -2.54. The molecule has 2 aromatic carbocycles. The van der Waals surface area contributed by atoms with E-state index in [2.05, 4.69) is 0 Å². The van der Waals surface area contributed by atoms with Crippen LogP contribution in [0.25, 0.3) is 0 Å². The Kier molecular flexibility index (Phi) is 7.47. The van der Waals surface area contributed by atoms with Gasteiger partial charge in [-0.15, -0.1) is 0 Å². The molecule has 1 saturated heterocycles. The Balaban J connectivity index is 2.08. The highest BCUT2D eigenvalue weighted by molar-refractivity contribution is 7.92. The smallest absolute Gasteiger partial charge is 0.430 e. The van der Waals surface area contributed by atoms with Crippen LogP contribution in [0.15, 0.2) is 53.4 Å². The fourth-order valence-electron chi connectivity index (χ4n) is 3.99. The summed E-state index contributed by atoms with van der Waals surface area (Å²) in [5, 5.41) is 9.65.